The summed E-state index contributed by atoms with van der Waals surface area (Å²) in [4.78, 5) is 4.37. The first-order chi connectivity index (χ1) is 7.06. The van der Waals surface area contributed by atoms with Gasteiger partial charge in [0.1, 0.15) is 5.52 Å². The molecule has 0 atom stereocenters. The van der Waals surface area contributed by atoms with Gasteiger partial charge >= 0.3 is 0 Å². The summed E-state index contributed by atoms with van der Waals surface area (Å²) in [5.41, 5.74) is 8.73. The molecule has 0 aliphatic heterocycles. The summed E-state index contributed by atoms with van der Waals surface area (Å²) >= 11 is 0. The van der Waals surface area contributed by atoms with Gasteiger partial charge in [0.2, 0.25) is 0 Å². The number of para-hydroxylation sites is 1. The largest absolute Gasteiger partial charge is 0.397 e. The summed E-state index contributed by atoms with van der Waals surface area (Å²) in [5, 5.41) is 0. The van der Waals surface area contributed by atoms with Crippen LogP contribution in [-0.2, 0) is 5.54 Å². The van der Waals surface area contributed by atoms with Crippen LogP contribution in [0.4, 0.5) is 5.69 Å². The summed E-state index contributed by atoms with van der Waals surface area (Å²) in [6.07, 6.45) is 2.94. The van der Waals surface area contributed by atoms with E-state index in [4.69, 9.17) is 5.73 Å². The SMILES string of the molecule is CCC(C)(C)n1cnc2c(N)cccc21. The monoisotopic (exact) mass is 203 g/mol. The lowest BCUT2D eigenvalue weighted by Crippen LogP contribution is -2.24. The van der Waals surface area contributed by atoms with Crippen LogP contribution in [0.15, 0.2) is 24.5 Å². The van der Waals surface area contributed by atoms with E-state index in [9.17, 15) is 0 Å². The van der Waals surface area contributed by atoms with E-state index in [2.05, 4.69) is 36.4 Å². The van der Waals surface area contributed by atoms with Crippen LogP contribution in [0.2, 0.25) is 0 Å². The van der Waals surface area contributed by atoms with Gasteiger partial charge in [0.25, 0.3) is 0 Å². The molecule has 1 aromatic carbocycles. The van der Waals surface area contributed by atoms with Crippen LogP contribution in [-0.4, -0.2) is 9.55 Å². The lowest BCUT2D eigenvalue weighted by Gasteiger charge is -2.25. The van der Waals surface area contributed by atoms with E-state index in [1.165, 1.54) is 0 Å². The molecule has 2 rings (SSSR count). The number of imidazole rings is 1. The van der Waals surface area contributed by atoms with E-state index >= 15 is 0 Å². The molecule has 0 unspecified atom stereocenters. The van der Waals surface area contributed by atoms with Gasteiger partial charge in [-0.15, -0.1) is 0 Å². The van der Waals surface area contributed by atoms with E-state index in [-0.39, 0.29) is 5.54 Å². The second-order valence-corrected chi connectivity index (χ2v) is 4.50. The first-order valence-corrected chi connectivity index (χ1v) is 5.28. The van der Waals surface area contributed by atoms with Gasteiger partial charge < -0.3 is 10.3 Å². The molecule has 2 aromatic rings. The number of nitrogens with zero attached hydrogens (tertiary/aromatic N) is 2. The van der Waals surface area contributed by atoms with Crippen LogP contribution in [0, 0.1) is 0 Å². The number of aromatic nitrogens is 2. The third-order valence-electron chi connectivity index (χ3n) is 3.13. The number of rotatable bonds is 2. The van der Waals surface area contributed by atoms with Gasteiger partial charge in [-0.3, -0.25) is 0 Å². The lowest BCUT2D eigenvalue weighted by atomic mass is 10.0. The summed E-state index contributed by atoms with van der Waals surface area (Å²) in [6, 6.07) is 5.93. The van der Waals surface area contributed by atoms with Gasteiger partial charge in [0.15, 0.2) is 0 Å². The molecule has 0 aliphatic carbocycles. The quantitative estimate of drug-likeness (QED) is 0.763. The normalized spacial score (nSPS) is 12.2. The maximum Gasteiger partial charge on any atom is 0.111 e. The number of benzene rings is 1. The maximum absolute atomic E-state index is 5.88. The van der Waals surface area contributed by atoms with E-state index in [1.54, 1.807) is 0 Å². The van der Waals surface area contributed by atoms with Crippen molar-refractivity contribution in [3.05, 3.63) is 24.5 Å². The minimum Gasteiger partial charge on any atom is -0.397 e. The smallest absolute Gasteiger partial charge is 0.111 e. The number of hydrogen-bond donors (Lipinski definition) is 1. The minimum absolute atomic E-state index is 0.0859. The predicted molar refractivity (Wildman–Crippen MR) is 63.8 cm³/mol. The van der Waals surface area contributed by atoms with Crippen molar-refractivity contribution in [2.75, 3.05) is 5.73 Å². The van der Waals surface area contributed by atoms with Crippen LogP contribution in [0.5, 0.6) is 0 Å². The first kappa shape index (κ1) is 10.0. The average molecular weight is 203 g/mol. The molecular weight excluding hydrogens is 186 g/mol. The lowest BCUT2D eigenvalue weighted by molar-refractivity contribution is 0.352. The third kappa shape index (κ3) is 1.48. The van der Waals surface area contributed by atoms with E-state index in [0.717, 1.165) is 23.1 Å². The van der Waals surface area contributed by atoms with Crippen molar-refractivity contribution in [1.82, 2.24) is 9.55 Å². The van der Waals surface area contributed by atoms with Crippen LogP contribution in [0.25, 0.3) is 11.0 Å². The van der Waals surface area contributed by atoms with Crippen LogP contribution in [0.1, 0.15) is 27.2 Å². The summed E-state index contributed by atoms with van der Waals surface area (Å²) in [5.74, 6) is 0. The van der Waals surface area contributed by atoms with Gasteiger partial charge in [0, 0.05) is 5.54 Å². The molecule has 15 heavy (non-hydrogen) atoms. The third-order valence-corrected chi connectivity index (χ3v) is 3.13. The number of nitrogen functional groups attached to an aromatic ring is 1. The molecule has 0 radical (unpaired) electrons. The maximum atomic E-state index is 5.88. The van der Waals surface area contributed by atoms with Crippen molar-refractivity contribution >= 4 is 16.7 Å². The second-order valence-electron chi connectivity index (χ2n) is 4.50. The van der Waals surface area contributed by atoms with Crippen molar-refractivity contribution in [2.45, 2.75) is 32.7 Å². The topological polar surface area (TPSA) is 43.8 Å². The summed E-state index contributed by atoms with van der Waals surface area (Å²) in [7, 11) is 0. The summed E-state index contributed by atoms with van der Waals surface area (Å²) in [6.45, 7) is 6.59. The standard InChI is InChI=1S/C12H17N3/c1-4-12(2,3)15-8-14-11-9(13)6-5-7-10(11)15/h5-8H,4,13H2,1-3H3. The Hall–Kier alpha value is -1.51. The molecule has 1 aromatic heterocycles. The predicted octanol–water partition coefficient (Wildman–Crippen LogP) is 2.76. The molecule has 80 valence electrons. The summed E-state index contributed by atoms with van der Waals surface area (Å²) < 4.78 is 2.19. The molecule has 0 aliphatic rings. The Labute approximate surface area is 89.9 Å². The minimum atomic E-state index is 0.0859. The molecule has 2 N–H and O–H groups in total. The Morgan fingerprint density at radius 1 is 1.40 bits per heavy atom. The Kier molecular flexibility index (Phi) is 2.18. The molecule has 0 saturated carbocycles. The van der Waals surface area contributed by atoms with Gasteiger partial charge in [-0.05, 0) is 32.4 Å². The highest BCUT2D eigenvalue weighted by Crippen LogP contribution is 2.27. The number of fused-ring (bicyclic) bond motifs is 1. The van der Waals surface area contributed by atoms with E-state index < -0.39 is 0 Å². The highest BCUT2D eigenvalue weighted by atomic mass is 15.1. The highest BCUT2D eigenvalue weighted by Gasteiger charge is 2.19. The van der Waals surface area contributed by atoms with Crippen molar-refractivity contribution in [3.8, 4) is 0 Å². The molecular formula is C12H17N3. The number of hydrogen-bond acceptors (Lipinski definition) is 2. The zero-order chi connectivity index (χ0) is 11.1. The Bertz CT molecular complexity index is 483. The van der Waals surface area contributed by atoms with E-state index in [1.807, 2.05) is 18.5 Å². The molecule has 0 spiro atoms. The van der Waals surface area contributed by atoms with E-state index in [0.29, 0.717) is 0 Å². The van der Waals surface area contributed by atoms with Gasteiger partial charge in [-0.1, -0.05) is 13.0 Å². The van der Waals surface area contributed by atoms with Crippen molar-refractivity contribution in [3.63, 3.8) is 0 Å². The van der Waals surface area contributed by atoms with Crippen LogP contribution in [0.3, 0.4) is 0 Å². The van der Waals surface area contributed by atoms with Crippen molar-refractivity contribution in [1.29, 1.82) is 0 Å². The Morgan fingerprint density at radius 2 is 2.13 bits per heavy atom. The zero-order valence-electron chi connectivity index (χ0n) is 9.49. The number of nitrogens with two attached hydrogens (primary N) is 1. The Morgan fingerprint density at radius 3 is 2.80 bits per heavy atom. The fraction of sp³-hybridized carbons (Fsp3) is 0.417. The van der Waals surface area contributed by atoms with Gasteiger partial charge in [0.05, 0.1) is 17.5 Å². The van der Waals surface area contributed by atoms with Crippen LogP contribution >= 0.6 is 0 Å². The highest BCUT2D eigenvalue weighted by molar-refractivity contribution is 5.87. The van der Waals surface area contributed by atoms with Gasteiger partial charge in [-0.25, -0.2) is 4.98 Å². The number of anilines is 1. The fourth-order valence-electron chi connectivity index (χ4n) is 1.71. The average Bonchev–Trinajstić information content (AvgIpc) is 2.63. The molecule has 3 nitrogen and oxygen atoms in total. The van der Waals surface area contributed by atoms with Crippen molar-refractivity contribution in [2.24, 2.45) is 0 Å². The van der Waals surface area contributed by atoms with Crippen LogP contribution < -0.4 is 5.73 Å². The Balaban J connectivity index is 2.69. The fourth-order valence-corrected chi connectivity index (χ4v) is 1.71. The second kappa shape index (κ2) is 3.26. The first-order valence-electron chi connectivity index (χ1n) is 5.28. The molecule has 3 heteroatoms. The molecule has 0 fully saturated rings. The van der Waals surface area contributed by atoms with Gasteiger partial charge in [-0.2, -0.15) is 0 Å². The molecule has 0 bridgehead atoms. The molecule has 0 amide bonds. The zero-order valence-corrected chi connectivity index (χ0v) is 9.49. The molecule has 0 saturated heterocycles. The molecule has 1 heterocycles. The van der Waals surface area contributed by atoms with Crippen molar-refractivity contribution < 1.29 is 0 Å².